The van der Waals surface area contributed by atoms with E-state index in [1.807, 2.05) is 5.51 Å². The van der Waals surface area contributed by atoms with Crippen molar-refractivity contribution in [1.29, 1.82) is 0 Å². The first kappa shape index (κ1) is 11.4. The van der Waals surface area contributed by atoms with E-state index in [4.69, 9.17) is 0 Å². The lowest BCUT2D eigenvalue weighted by atomic mass is 10.1. The van der Waals surface area contributed by atoms with Crippen molar-refractivity contribution in [2.45, 2.75) is 26.3 Å². The van der Waals surface area contributed by atoms with E-state index in [0.717, 1.165) is 12.5 Å². The molecule has 84 valence electrons. The predicted octanol–water partition coefficient (Wildman–Crippen LogP) is 2.86. The molecule has 0 spiro atoms. The molecule has 0 radical (unpaired) electrons. The Morgan fingerprint density at radius 2 is 2.53 bits per heavy atom. The van der Waals surface area contributed by atoms with Crippen LogP contribution in [-0.4, -0.2) is 23.0 Å². The number of nitrogens with one attached hydrogen (secondary N) is 1. The Hall–Kier alpha value is -0.0600. The first-order chi connectivity index (χ1) is 7.27. The van der Waals surface area contributed by atoms with E-state index in [-0.39, 0.29) is 0 Å². The van der Waals surface area contributed by atoms with Crippen molar-refractivity contribution in [3.8, 4) is 0 Å². The molecule has 0 aliphatic carbocycles. The minimum atomic E-state index is 0.461. The van der Waals surface area contributed by atoms with Crippen LogP contribution in [0.15, 0.2) is 5.51 Å². The molecule has 2 nitrogen and oxygen atoms in total. The number of thiazole rings is 1. The summed E-state index contributed by atoms with van der Waals surface area (Å²) in [5, 5.41) is 3.62. The molecule has 0 saturated carbocycles. The molecule has 0 aromatic carbocycles. The summed E-state index contributed by atoms with van der Waals surface area (Å²) in [4.78, 5) is 5.68. The Kier molecular flexibility index (Phi) is 4.05. The summed E-state index contributed by atoms with van der Waals surface area (Å²) >= 11 is 3.85. The van der Waals surface area contributed by atoms with Crippen LogP contribution in [0.3, 0.4) is 0 Å². The summed E-state index contributed by atoms with van der Waals surface area (Å²) < 4.78 is 0. The van der Waals surface area contributed by atoms with Gasteiger partial charge in [0.2, 0.25) is 0 Å². The van der Waals surface area contributed by atoms with Crippen molar-refractivity contribution in [2.24, 2.45) is 5.92 Å². The maximum Gasteiger partial charge on any atom is 0.0798 e. The second-order valence-corrected chi connectivity index (χ2v) is 6.20. The van der Waals surface area contributed by atoms with Crippen molar-refractivity contribution < 1.29 is 0 Å². The second kappa shape index (κ2) is 5.32. The number of hydrogen-bond donors (Lipinski definition) is 1. The Bertz CT molecular complexity index is 305. The molecule has 4 heteroatoms. The molecular formula is C11H18N2S2. The van der Waals surface area contributed by atoms with Crippen LogP contribution in [0.25, 0.3) is 0 Å². The molecular weight excluding hydrogens is 224 g/mol. The van der Waals surface area contributed by atoms with Gasteiger partial charge in [0.15, 0.2) is 0 Å². The van der Waals surface area contributed by atoms with Crippen LogP contribution in [0.1, 0.15) is 30.0 Å². The minimum Gasteiger partial charge on any atom is -0.309 e. The maximum absolute atomic E-state index is 4.29. The summed E-state index contributed by atoms with van der Waals surface area (Å²) in [7, 11) is 0. The van der Waals surface area contributed by atoms with Gasteiger partial charge in [0.1, 0.15) is 0 Å². The van der Waals surface area contributed by atoms with Crippen LogP contribution >= 0.6 is 23.1 Å². The van der Waals surface area contributed by atoms with Gasteiger partial charge in [0, 0.05) is 10.9 Å². The topological polar surface area (TPSA) is 24.9 Å². The standard InChI is InChI=1S/C11H18N2S2/c1-8(11-9(2)13-7-15-11)12-5-10-3-4-14-6-10/h7-8,10,12H,3-6H2,1-2H3. The molecule has 1 saturated heterocycles. The van der Waals surface area contributed by atoms with Crippen molar-refractivity contribution in [2.75, 3.05) is 18.1 Å². The molecule has 2 atom stereocenters. The summed E-state index contributed by atoms with van der Waals surface area (Å²) in [6, 6.07) is 0.461. The number of thioether (sulfide) groups is 1. The Balaban J connectivity index is 1.81. The van der Waals surface area contributed by atoms with Gasteiger partial charge in [-0.05, 0) is 44.2 Å². The molecule has 1 N–H and O–H groups in total. The van der Waals surface area contributed by atoms with Crippen LogP contribution in [0, 0.1) is 12.8 Å². The van der Waals surface area contributed by atoms with Crippen molar-refractivity contribution in [1.82, 2.24) is 10.3 Å². The Morgan fingerprint density at radius 1 is 1.67 bits per heavy atom. The summed E-state index contributed by atoms with van der Waals surface area (Å²) in [6.07, 6.45) is 1.38. The van der Waals surface area contributed by atoms with Gasteiger partial charge in [0.25, 0.3) is 0 Å². The van der Waals surface area contributed by atoms with Gasteiger partial charge in [-0.25, -0.2) is 4.98 Å². The van der Waals surface area contributed by atoms with Gasteiger partial charge in [0.05, 0.1) is 11.2 Å². The normalized spacial score (nSPS) is 23.2. The van der Waals surface area contributed by atoms with Crippen LogP contribution in [0.2, 0.25) is 0 Å². The third kappa shape index (κ3) is 2.95. The second-order valence-electron chi connectivity index (χ2n) is 4.16. The van der Waals surface area contributed by atoms with Gasteiger partial charge in [-0.3, -0.25) is 0 Å². The zero-order valence-electron chi connectivity index (χ0n) is 9.32. The van der Waals surface area contributed by atoms with E-state index in [1.54, 1.807) is 11.3 Å². The van der Waals surface area contributed by atoms with Crippen LogP contribution in [-0.2, 0) is 0 Å². The van der Waals surface area contributed by atoms with Gasteiger partial charge in [-0.15, -0.1) is 11.3 Å². The minimum absolute atomic E-state index is 0.461. The number of aromatic nitrogens is 1. The van der Waals surface area contributed by atoms with Gasteiger partial charge in [-0.1, -0.05) is 0 Å². The average molecular weight is 242 g/mol. The highest BCUT2D eigenvalue weighted by Crippen LogP contribution is 2.25. The number of rotatable bonds is 4. The molecule has 0 bridgehead atoms. The lowest BCUT2D eigenvalue weighted by Crippen LogP contribution is -2.25. The third-order valence-electron chi connectivity index (χ3n) is 2.91. The summed E-state index contributed by atoms with van der Waals surface area (Å²) in [5.74, 6) is 3.56. The molecule has 1 aliphatic rings. The van der Waals surface area contributed by atoms with E-state index >= 15 is 0 Å². The van der Waals surface area contributed by atoms with Crippen molar-refractivity contribution in [3.63, 3.8) is 0 Å². The number of aryl methyl sites for hydroxylation is 1. The SMILES string of the molecule is Cc1ncsc1C(C)NCC1CCSC1. The molecule has 2 unspecified atom stereocenters. The van der Waals surface area contributed by atoms with E-state index in [9.17, 15) is 0 Å². The maximum atomic E-state index is 4.29. The summed E-state index contributed by atoms with van der Waals surface area (Å²) in [5.41, 5.74) is 3.12. The molecule has 0 amide bonds. The lowest BCUT2D eigenvalue weighted by molar-refractivity contribution is 0.480. The highest BCUT2D eigenvalue weighted by atomic mass is 32.2. The zero-order chi connectivity index (χ0) is 10.7. The Morgan fingerprint density at radius 3 is 3.13 bits per heavy atom. The van der Waals surface area contributed by atoms with E-state index in [0.29, 0.717) is 6.04 Å². The van der Waals surface area contributed by atoms with Gasteiger partial charge >= 0.3 is 0 Å². The fraction of sp³-hybridized carbons (Fsp3) is 0.727. The highest BCUT2D eigenvalue weighted by molar-refractivity contribution is 7.99. The predicted molar refractivity (Wildman–Crippen MR) is 68.7 cm³/mol. The van der Waals surface area contributed by atoms with Gasteiger partial charge < -0.3 is 5.32 Å². The molecule has 2 rings (SSSR count). The third-order valence-corrected chi connectivity index (χ3v) is 5.26. The van der Waals surface area contributed by atoms with Crippen molar-refractivity contribution in [3.05, 3.63) is 16.1 Å². The largest absolute Gasteiger partial charge is 0.309 e. The van der Waals surface area contributed by atoms with Crippen molar-refractivity contribution >= 4 is 23.1 Å². The molecule has 15 heavy (non-hydrogen) atoms. The van der Waals surface area contributed by atoms with E-state index in [2.05, 4.69) is 35.9 Å². The number of nitrogens with zero attached hydrogens (tertiary/aromatic N) is 1. The first-order valence-electron chi connectivity index (χ1n) is 5.48. The molecule has 1 fully saturated rings. The molecule has 1 aromatic heterocycles. The molecule has 1 aromatic rings. The zero-order valence-corrected chi connectivity index (χ0v) is 11.0. The average Bonchev–Trinajstić information content (AvgIpc) is 2.84. The smallest absolute Gasteiger partial charge is 0.0798 e. The fourth-order valence-corrected chi connectivity index (χ4v) is 4.03. The Labute approximate surface area is 99.9 Å². The van der Waals surface area contributed by atoms with Crippen LogP contribution < -0.4 is 5.32 Å². The number of hydrogen-bond acceptors (Lipinski definition) is 4. The quantitative estimate of drug-likeness (QED) is 0.879. The van der Waals surface area contributed by atoms with E-state index < -0.39 is 0 Å². The lowest BCUT2D eigenvalue weighted by Gasteiger charge is -2.15. The van der Waals surface area contributed by atoms with Crippen LogP contribution in [0.5, 0.6) is 0 Å². The monoisotopic (exact) mass is 242 g/mol. The fourth-order valence-electron chi connectivity index (χ4n) is 1.91. The van der Waals surface area contributed by atoms with Gasteiger partial charge in [-0.2, -0.15) is 11.8 Å². The molecule has 2 heterocycles. The molecule has 1 aliphatic heterocycles. The van der Waals surface area contributed by atoms with Crippen LogP contribution in [0.4, 0.5) is 0 Å². The van der Waals surface area contributed by atoms with E-state index in [1.165, 1.54) is 28.5 Å². The summed E-state index contributed by atoms with van der Waals surface area (Å²) in [6.45, 7) is 5.49. The highest BCUT2D eigenvalue weighted by Gasteiger charge is 2.17. The first-order valence-corrected chi connectivity index (χ1v) is 7.52.